The Morgan fingerprint density at radius 1 is 1.10 bits per heavy atom. The van der Waals surface area contributed by atoms with Gasteiger partial charge in [0.25, 0.3) is 11.8 Å². The topological polar surface area (TPSA) is 37.4 Å². The molecule has 0 radical (unpaired) electrons. The minimum absolute atomic E-state index is 0.0806. The van der Waals surface area contributed by atoms with E-state index in [-0.39, 0.29) is 23.8 Å². The van der Waals surface area contributed by atoms with Crippen LogP contribution in [-0.4, -0.2) is 22.8 Å². The Hall–Kier alpha value is -1.90. The maximum Gasteiger partial charge on any atom is 0.261 e. The zero-order valence-electron chi connectivity index (χ0n) is 13.2. The molecule has 3 nitrogen and oxygen atoms in total. The van der Waals surface area contributed by atoms with Crippen LogP contribution in [0.1, 0.15) is 61.3 Å². The standard InChI is InChI=1S/C18H23NO2/c1-12(2)8-7-9-13(3)14(4)19-17(20)15-10-5-6-11-16(15)18(19)21/h5-6,8,10-11,13-14H,7,9H2,1-4H3. The second-order valence-electron chi connectivity index (χ2n) is 6.10. The van der Waals surface area contributed by atoms with Crippen LogP contribution in [-0.2, 0) is 0 Å². The van der Waals surface area contributed by atoms with E-state index in [0.717, 1.165) is 12.8 Å². The molecule has 1 aliphatic rings. The van der Waals surface area contributed by atoms with Crippen LogP contribution in [0.25, 0.3) is 0 Å². The highest BCUT2D eigenvalue weighted by atomic mass is 16.2. The molecule has 21 heavy (non-hydrogen) atoms. The molecule has 2 atom stereocenters. The number of hydrogen-bond donors (Lipinski definition) is 0. The van der Waals surface area contributed by atoms with Gasteiger partial charge in [0.2, 0.25) is 0 Å². The molecule has 1 heterocycles. The summed E-state index contributed by atoms with van der Waals surface area (Å²) in [6.45, 7) is 8.23. The van der Waals surface area contributed by atoms with Crippen LogP contribution in [0.15, 0.2) is 35.9 Å². The number of imide groups is 1. The summed E-state index contributed by atoms with van der Waals surface area (Å²) in [7, 11) is 0. The van der Waals surface area contributed by atoms with Crippen LogP contribution in [0.2, 0.25) is 0 Å². The Balaban J connectivity index is 2.10. The molecule has 2 amide bonds. The summed E-state index contributed by atoms with van der Waals surface area (Å²) in [5.74, 6) is -0.0304. The van der Waals surface area contributed by atoms with Gasteiger partial charge in [-0.2, -0.15) is 0 Å². The van der Waals surface area contributed by atoms with Crippen LogP contribution in [0, 0.1) is 5.92 Å². The van der Waals surface area contributed by atoms with Gasteiger partial charge in [-0.05, 0) is 51.7 Å². The van der Waals surface area contributed by atoms with Crippen molar-refractivity contribution in [1.29, 1.82) is 0 Å². The molecule has 1 aliphatic heterocycles. The van der Waals surface area contributed by atoms with Gasteiger partial charge in [-0.15, -0.1) is 0 Å². The lowest BCUT2D eigenvalue weighted by atomic mass is 9.96. The molecular formula is C18H23NO2. The van der Waals surface area contributed by atoms with Gasteiger partial charge in [-0.3, -0.25) is 14.5 Å². The fraction of sp³-hybridized carbons (Fsp3) is 0.444. The molecule has 112 valence electrons. The smallest absolute Gasteiger partial charge is 0.261 e. The van der Waals surface area contributed by atoms with Gasteiger partial charge in [0.15, 0.2) is 0 Å². The van der Waals surface area contributed by atoms with Crippen molar-refractivity contribution in [3.8, 4) is 0 Å². The van der Waals surface area contributed by atoms with Crippen LogP contribution < -0.4 is 0 Å². The van der Waals surface area contributed by atoms with E-state index in [4.69, 9.17) is 0 Å². The van der Waals surface area contributed by atoms with Crippen LogP contribution in [0.3, 0.4) is 0 Å². The number of carbonyl (C=O) groups is 2. The van der Waals surface area contributed by atoms with Crippen molar-refractivity contribution in [3.63, 3.8) is 0 Å². The first kappa shape index (κ1) is 15.5. The van der Waals surface area contributed by atoms with E-state index >= 15 is 0 Å². The first-order valence-corrected chi connectivity index (χ1v) is 7.53. The highest BCUT2D eigenvalue weighted by Gasteiger charge is 2.39. The van der Waals surface area contributed by atoms with E-state index in [1.165, 1.54) is 10.5 Å². The average molecular weight is 285 g/mol. The highest BCUT2D eigenvalue weighted by molar-refractivity contribution is 6.21. The maximum absolute atomic E-state index is 12.4. The molecule has 0 bridgehead atoms. The van der Waals surface area contributed by atoms with Crippen molar-refractivity contribution in [2.24, 2.45) is 5.92 Å². The van der Waals surface area contributed by atoms with Gasteiger partial charge in [0, 0.05) is 6.04 Å². The van der Waals surface area contributed by atoms with Gasteiger partial charge >= 0.3 is 0 Å². The number of hydrogen-bond acceptors (Lipinski definition) is 2. The molecule has 0 saturated carbocycles. The first-order chi connectivity index (χ1) is 9.93. The predicted molar refractivity (Wildman–Crippen MR) is 84.2 cm³/mol. The first-order valence-electron chi connectivity index (χ1n) is 7.53. The summed E-state index contributed by atoms with van der Waals surface area (Å²) >= 11 is 0. The third-order valence-corrected chi connectivity index (χ3v) is 4.23. The molecule has 0 aromatic heterocycles. The quantitative estimate of drug-likeness (QED) is 0.604. The number of benzene rings is 1. The lowest BCUT2D eigenvalue weighted by Crippen LogP contribution is -2.41. The number of allylic oxidation sites excluding steroid dienone is 2. The average Bonchev–Trinajstić information content (AvgIpc) is 2.70. The summed E-state index contributed by atoms with van der Waals surface area (Å²) in [4.78, 5) is 26.3. The SMILES string of the molecule is CC(C)=CCCC(C)C(C)N1C(=O)c2ccccc2C1=O. The van der Waals surface area contributed by atoms with Gasteiger partial charge < -0.3 is 0 Å². The van der Waals surface area contributed by atoms with Crippen molar-refractivity contribution in [2.75, 3.05) is 0 Å². The third-order valence-electron chi connectivity index (χ3n) is 4.23. The van der Waals surface area contributed by atoms with Gasteiger partial charge in [0.05, 0.1) is 11.1 Å². The maximum atomic E-state index is 12.4. The lowest BCUT2D eigenvalue weighted by molar-refractivity contribution is 0.0548. The van der Waals surface area contributed by atoms with Crippen molar-refractivity contribution in [3.05, 3.63) is 47.0 Å². The Labute approximate surface area is 126 Å². The number of rotatable bonds is 5. The predicted octanol–water partition coefficient (Wildman–Crippen LogP) is 4.05. The number of amides is 2. The Bertz CT molecular complexity index is 550. The second kappa shape index (κ2) is 6.25. The highest BCUT2D eigenvalue weighted by Crippen LogP contribution is 2.28. The van der Waals surface area contributed by atoms with E-state index in [2.05, 4.69) is 26.8 Å². The zero-order chi connectivity index (χ0) is 15.6. The molecular weight excluding hydrogens is 262 g/mol. The Morgan fingerprint density at radius 2 is 1.62 bits per heavy atom. The number of carbonyl (C=O) groups excluding carboxylic acids is 2. The monoisotopic (exact) mass is 285 g/mol. The fourth-order valence-corrected chi connectivity index (χ4v) is 2.71. The molecule has 3 heteroatoms. The minimum Gasteiger partial charge on any atom is -0.271 e. The molecule has 0 fully saturated rings. The van der Waals surface area contributed by atoms with Crippen molar-refractivity contribution in [1.82, 2.24) is 4.90 Å². The molecule has 2 rings (SSSR count). The fourth-order valence-electron chi connectivity index (χ4n) is 2.71. The van der Waals surface area contributed by atoms with Crippen molar-refractivity contribution < 1.29 is 9.59 Å². The van der Waals surface area contributed by atoms with Gasteiger partial charge in [-0.25, -0.2) is 0 Å². The number of fused-ring (bicyclic) bond motifs is 1. The Kier molecular flexibility index (Phi) is 4.61. The van der Waals surface area contributed by atoms with Gasteiger partial charge in [-0.1, -0.05) is 30.7 Å². The molecule has 0 aliphatic carbocycles. The van der Waals surface area contributed by atoms with E-state index < -0.39 is 0 Å². The largest absolute Gasteiger partial charge is 0.271 e. The second-order valence-corrected chi connectivity index (χ2v) is 6.10. The normalized spacial score (nSPS) is 16.7. The molecule has 0 spiro atoms. The Morgan fingerprint density at radius 3 is 2.10 bits per heavy atom. The minimum atomic E-state index is -0.155. The van der Waals surface area contributed by atoms with E-state index in [1.807, 2.05) is 6.92 Å². The van der Waals surface area contributed by atoms with E-state index in [0.29, 0.717) is 11.1 Å². The van der Waals surface area contributed by atoms with Crippen LogP contribution in [0.4, 0.5) is 0 Å². The molecule has 1 aromatic carbocycles. The zero-order valence-corrected chi connectivity index (χ0v) is 13.2. The van der Waals surface area contributed by atoms with Crippen molar-refractivity contribution >= 4 is 11.8 Å². The summed E-state index contributed by atoms with van der Waals surface area (Å²) in [6, 6.07) is 6.99. The summed E-state index contributed by atoms with van der Waals surface area (Å²) in [5.41, 5.74) is 2.37. The van der Waals surface area contributed by atoms with Crippen LogP contribution >= 0.6 is 0 Å². The summed E-state index contributed by atoms with van der Waals surface area (Å²) in [6.07, 6.45) is 4.16. The van der Waals surface area contributed by atoms with Gasteiger partial charge in [0.1, 0.15) is 0 Å². The molecule has 0 saturated heterocycles. The molecule has 0 N–H and O–H groups in total. The van der Waals surface area contributed by atoms with Crippen molar-refractivity contribution in [2.45, 2.75) is 46.6 Å². The van der Waals surface area contributed by atoms with E-state index in [9.17, 15) is 9.59 Å². The summed E-state index contributed by atoms with van der Waals surface area (Å²) in [5, 5.41) is 0. The third kappa shape index (κ3) is 3.07. The molecule has 1 aromatic rings. The van der Waals surface area contributed by atoms with E-state index in [1.54, 1.807) is 24.3 Å². The van der Waals surface area contributed by atoms with Crippen LogP contribution in [0.5, 0.6) is 0 Å². The summed E-state index contributed by atoms with van der Waals surface area (Å²) < 4.78 is 0. The molecule has 2 unspecified atom stereocenters. The number of nitrogens with zero attached hydrogens (tertiary/aromatic N) is 1. The lowest BCUT2D eigenvalue weighted by Gasteiger charge is -2.28.